The van der Waals surface area contributed by atoms with Crippen molar-refractivity contribution in [1.29, 1.82) is 0 Å². The molecular weight excluding hydrogens is 917 g/mol. The molecule has 1 unspecified atom stereocenters. The van der Waals surface area contributed by atoms with Crippen molar-refractivity contribution in [2.75, 3.05) is 0 Å². The first-order valence-electron chi connectivity index (χ1n) is 32.8. The highest BCUT2D eigenvalue weighted by Crippen LogP contribution is 2.52. The quantitative estimate of drug-likeness (QED) is 0.0336. The van der Waals surface area contributed by atoms with Crippen LogP contribution >= 0.6 is 0 Å². The summed E-state index contributed by atoms with van der Waals surface area (Å²) in [6, 6.07) is 19.2. The minimum Gasteiger partial charge on any atom is -0.508 e. The lowest BCUT2D eigenvalue weighted by atomic mass is 9.61. The predicted octanol–water partition coefficient (Wildman–Crippen LogP) is 22.1. The minimum atomic E-state index is -0.685. The summed E-state index contributed by atoms with van der Waals surface area (Å²) in [6.07, 6.45) is 56.3. The van der Waals surface area contributed by atoms with Gasteiger partial charge in [-0.1, -0.05) is 282 Å². The number of aryl methyl sites for hydroxylation is 2. The third kappa shape index (κ3) is 24.5. The van der Waals surface area contributed by atoms with E-state index in [0.29, 0.717) is 17.9 Å². The van der Waals surface area contributed by atoms with Crippen LogP contribution in [0.4, 0.5) is 0 Å². The minimum absolute atomic E-state index is 0.0666. The molecule has 424 valence electrons. The van der Waals surface area contributed by atoms with Crippen LogP contribution in [-0.4, -0.2) is 22.3 Å². The molecule has 0 aromatic heterocycles. The first kappa shape index (κ1) is 64.3. The molecule has 0 amide bonds. The zero-order chi connectivity index (χ0) is 53.4. The van der Waals surface area contributed by atoms with Gasteiger partial charge in [0.2, 0.25) is 0 Å². The lowest BCUT2D eigenvalue weighted by Crippen LogP contribution is -2.34. The number of hydrogen-bond donors (Lipinski definition) is 2. The van der Waals surface area contributed by atoms with Crippen molar-refractivity contribution in [3.63, 3.8) is 0 Å². The van der Waals surface area contributed by atoms with Gasteiger partial charge in [-0.15, -0.1) is 0 Å². The van der Waals surface area contributed by atoms with Crippen molar-refractivity contribution in [1.82, 2.24) is 0 Å². The Morgan fingerprint density at radius 2 is 0.933 bits per heavy atom. The van der Waals surface area contributed by atoms with Crippen molar-refractivity contribution in [2.45, 2.75) is 335 Å². The van der Waals surface area contributed by atoms with Gasteiger partial charge in [-0.25, -0.2) is 0 Å². The maximum Gasteiger partial charge on any atom is 0.306 e. The number of rotatable bonds is 46. The fraction of sp³-hybridized carbons (Fsp3) is 0.732. The van der Waals surface area contributed by atoms with Gasteiger partial charge in [0.15, 0.2) is 0 Å². The Kier molecular flexibility index (Phi) is 35.0. The van der Waals surface area contributed by atoms with Crippen LogP contribution in [0.3, 0.4) is 0 Å². The van der Waals surface area contributed by atoms with Gasteiger partial charge in [0.05, 0.1) is 0 Å². The summed E-state index contributed by atoms with van der Waals surface area (Å²) < 4.78 is 6.04. The van der Waals surface area contributed by atoms with Crippen molar-refractivity contribution in [3.8, 4) is 11.5 Å². The zero-order valence-corrected chi connectivity index (χ0v) is 49.5. The largest absolute Gasteiger partial charge is 0.508 e. The first-order valence-corrected chi connectivity index (χ1v) is 32.8. The Morgan fingerprint density at radius 1 is 0.467 bits per heavy atom. The second kappa shape index (κ2) is 40.9. The van der Waals surface area contributed by atoms with Crippen LogP contribution in [0.15, 0.2) is 54.6 Å². The van der Waals surface area contributed by atoms with Crippen LogP contribution in [0, 0.1) is 6.92 Å². The highest BCUT2D eigenvalue weighted by molar-refractivity contribution is 5.69. The van der Waals surface area contributed by atoms with E-state index in [1.54, 1.807) is 0 Å². The van der Waals surface area contributed by atoms with Gasteiger partial charge in [0.1, 0.15) is 17.6 Å². The maximum absolute atomic E-state index is 13.4. The third-order valence-corrected chi connectivity index (χ3v) is 17.3. The molecule has 75 heavy (non-hydrogen) atoms. The molecule has 3 aromatic carbocycles. The van der Waals surface area contributed by atoms with Crippen LogP contribution in [0.5, 0.6) is 11.5 Å². The molecule has 1 fully saturated rings. The van der Waals surface area contributed by atoms with E-state index in [9.17, 15) is 15.0 Å². The molecular formula is C71H116O4. The molecule has 4 rings (SSSR count). The summed E-state index contributed by atoms with van der Waals surface area (Å²) >= 11 is 0. The van der Waals surface area contributed by atoms with Crippen LogP contribution in [0.1, 0.15) is 336 Å². The average Bonchev–Trinajstić information content (AvgIpc) is 3.43. The number of carbonyl (C=O) groups is 1. The molecule has 1 atom stereocenters. The van der Waals surface area contributed by atoms with E-state index >= 15 is 0 Å². The molecule has 0 bridgehead atoms. The fourth-order valence-electron chi connectivity index (χ4n) is 13.1. The predicted molar refractivity (Wildman–Crippen MR) is 324 cm³/mol. The second-order valence-corrected chi connectivity index (χ2v) is 23.8. The Morgan fingerprint density at radius 3 is 1.40 bits per heavy atom. The van der Waals surface area contributed by atoms with Gasteiger partial charge in [-0.05, 0) is 123 Å². The standard InChI is InChI=1S/C71H116O4/c1-5-8-10-12-14-16-18-20-22-24-25-27-29-31-33-35-39-50-61-59-67(73)64(55-44-36-34-32-30-28-26-23-21-19-17-15-13-11-9-6-2)65(48-7-3)70(61)71(62-51-40-37-41-52-62,69-60(4)49-47-56-66(69)72)58-46-45-57-68(74)75-63-53-42-38-43-54-63/h37,40-41,47,49,51-52,56,59,63,72-73H,5-36,38-39,42-46,48,50,53-55,57-58H2,1-4H3. The monoisotopic (exact) mass is 1030 g/mol. The normalized spacial score (nSPS) is 13.9. The first-order chi connectivity index (χ1) is 36.9. The molecule has 3 aromatic rings. The van der Waals surface area contributed by atoms with Gasteiger partial charge in [0, 0.05) is 17.4 Å². The lowest BCUT2D eigenvalue weighted by molar-refractivity contribution is -0.150. The van der Waals surface area contributed by atoms with Crippen LogP contribution in [0.2, 0.25) is 0 Å². The van der Waals surface area contributed by atoms with E-state index in [-0.39, 0.29) is 12.1 Å². The SMILES string of the molecule is CCCCCCCCCCCCCCCCCCCc1cc(O)c(CCCCCCCCCCCCCCCCCC)c(CCC)c1C(CCCCC(=O)OC1CCCCC1)(c1ccccc1)c1c(C)cccc1O. The summed E-state index contributed by atoms with van der Waals surface area (Å²) in [4.78, 5) is 13.4. The number of phenols is 2. The highest BCUT2D eigenvalue weighted by Gasteiger charge is 2.43. The van der Waals surface area contributed by atoms with E-state index in [4.69, 9.17) is 4.74 Å². The van der Waals surface area contributed by atoms with Gasteiger partial charge >= 0.3 is 5.97 Å². The van der Waals surface area contributed by atoms with Crippen molar-refractivity contribution < 1.29 is 19.7 Å². The summed E-state index contributed by atoms with van der Waals surface area (Å²) in [6.45, 7) is 9.05. The third-order valence-electron chi connectivity index (χ3n) is 17.3. The number of benzene rings is 3. The molecule has 4 nitrogen and oxygen atoms in total. The maximum atomic E-state index is 13.4. The lowest BCUT2D eigenvalue weighted by Gasteiger charge is -2.41. The van der Waals surface area contributed by atoms with E-state index in [0.717, 1.165) is 100 Å². The molecule has 1 aliphatic rings. The van der Waals surface area contributed by atoms with E-state index in [1.165, 1.54) is 228 Å². The van der Waals surface area contributed by atoms with Crippen LogP contribution in [0.25, 0.3) is 0 Å². The summed E-state index contributed by atoms with van der Waals surface area (Å²) in [5.41, 5.74) is 7.50. The number of unbranched alkanes of at least 4 members (excludes halogenated alkanes) is 32. The number of ether oxygens (including phenoxy) is 1. The Labute approximate surface area is 463 Å². The molecule has 0 spiro atoms. The average molecular weight is 1030 g/mol. The molecule has 0 saturated heterocycles. The number of carbonyl (C=O) groups excluding carboxylic acids is 1. The van der Waals surface area contributed by atoms with Gasteiger partial charge < -0.3 is 14.9 Å². The van der Waals surface area contributed by atoms with E-state index in [1.807, 2.05) is 12.1 Å². The summed E-state index contributed by atoms with van der Waals surface area (Å²) in [7, 11) is 0. The molecule has 1 saturated carbocycles. The van der Waals surface area contributed by atoms with Gasteiger partial charge in [-0.2, -0.15) is 0 Å². The molecule has 2 N–H and O–H groups in total. The van der Waals surface area contributed by atoms with Gasteiger partial charge in [-0.3, -0.25) is 4.79 Å². The van der Waals surface area contributed by atoms with E-state index in [2.05, 4.69) is 70.2 Å². The Balaban J connectivity index is 1.51. The van der Waals surface area contributed by atoms with Gasteiger partial charge in [0.25, 0.3) is 0 Å². The molecule has 4 heteroatoms. The summed E-state index contributed by atoms with van der Waals surface area (Å²) in [5.74, 6) is 0.726. The number of phenolic OH excluding ortho intramolecular Hbond substituents is 2. The van der Waals surface area contributed by atoms with Crippen molar-refractivity contribution in [2.24, 2.45) is 0 Å². The molecule has 1 aliphatic carbocycles. The topological polar surface area (TPSA) is 66.8 Å². The second-order valence-electron chi connectivity index (χ2n) is 23.8. The van der Waals surface area contributed by atoms with Crippen LogP contribution in [-0.2, 0) is 34.2 Å². The van der Waals surface area contributed by atoms with Crippen molar-refractivity contribution >= 4 is 5.97 Å². The summed E-state index contributed by atoms with van der Waals surface area (Å²) in [5, 5.41) is 24.6. The van der Waals surface area contributed by atoms with Crippen LogP contribution < -0.4 is 0 Å². The Bertz CT molecular complexity index is 1860. The zero-order valence-electron chi connectivity index (χ0n) is 49.5. The highest BCUT2D eigenvalue weighted by atomic mass is 16.5. The van der Waals surface area contributed by atoms with Crippen molar-refractivity contribution in [3.05, 3.63) is 93.5 Å². The Hall–Kier alpha value is -3.27. The number of esters is 1. The number of aromatic hydroxyl groups is 2. The molecule has 0 heterocycles. The smallest absolute Gasteiger partial charge is 0.306 e. The molecule has 0 radical (unpaired) electrons. The fourth-order valence-corrected chi connectivity index (χ4v) is 13.1. The molecule has 0 aliphatic heterocycles. The number of hydrogen-bond acceptors (Lipinski definition) is 4. The van der Waals surface area contributed by atoms with E-state index < -0.39 is 5.41 Å².